The highest BCUT2D eigenvalue weighted by molar-refractivity contribution is 5.51. The second kappa shape index (κ2) is 4.63. The molecular weight excluding hydrogens is 269 g/mol. The summed E-state index contributed by atoms with van der Waals surface area (Å²) in [6.45, 7) is 1.60. The topological polar surface area (TPSA) is 23.5 Å². The van der Waals surface area contributed by atoms with Crippen molar-refractivity contribution >= 4 is 5.69 Å². The Balaban J connectivity index is 2.41. The van der Waals surface area contributed by atoms with Gasteiger partial charge in [-0.1, -0.05) is 0 Å². The SMILES string of the molecule is CC1(O)CCN(c2c(F)c(F)c(F)c(F)c2F)CC1. The first-order valence-corrected chi connectivity index (χ1v) is 5.73. The lowest BCUT2D eigenvalue weighted by Gasteiger charge is -2.37. The van der Waals surface area contributed by atoms with Gasteiger partial charge in [0.05, 0.1) is 5.60 Å². The van der Waals surface area contributed by atoms with Crippen molar-refractivity contribution in [3.05, 3.63) is 29.1 Å². The number of benzene rings is 1. The van der Waals surface area contributed by atoms with Crippen LogP contribution in [0.2, 0.25) is 0 Å². The molecule has 2 nitrogen and oxygen atoms in total. The molecule has 1 aromatic rings. The van der Waals surface area contributed by atoms with Gasteiger partial charge in [0, 0.05) is 13.1 Å². The standard InChI is InChI=1S/C12H12F5NO/c1-12(19)2-4-18(5-3-12)11-9(16)7(14)6(13)8(15)10(11)17/h19H,2-5H2,1H3. The smallest absolute Gasteiger partial charge is 0.200 e. The van der Waals surface area contributed by atoms with Gasteiger partial charge in [-0.25, -0.2) is 22.0 Å². The van der Waals surface area contributed by atoms with Gasteiger partial charge in [0.25, 0.3) is 0 Å². The highest BCUT2D eigenvalue weighted by atomic mass is 19.2. The number of anilines is 1. The molecule has 0 amide bonds. The fourth-order valence-electron chi connectivity index (χ4n) is 2.08. The number of aliphatic hydroxyl groups is 1. The lowest BCUT2D eigenvalue weighted by atomic mass is 9.93. The molecule has 0 radical (unpaired) electrons. The Morgan fingerprint density at radius 3 is 1.63 bits per heavy atom. The van der Waals surface area contributed by atoms with Crippen LogP contribution in [0.5, 0.6) is 0 Å². The van der Waals surface area contributed by atoms with Crippen molar-refractivity contribution in [1.29, 1.82) is 0 Å². The predicted octanol–water partition coefficient (Wildman–Crippen LogP) is 2.73. The average molecular weight is 281 g/mol. The molecule has 1 saturated heterocycles. The van der Waals surface area contributed by atoms with Gasteiger partial charge in [-0.15, -0.1) is 0 Å². The number of hydrogen-bond acceptors (Lipinski definition) is 2. The summed E-state index contributed by atoms with van der Waals surface area (Å²) in [6, 6.07) is 0. The average Bonchev–Trinajstić information content (AvgIpc) is 2.36. The Morgan fingerprint density at radius 1 is 0.842 bits per heavy atom. The van der Waals surface area contributed by atoms with Gasteiger partial charge in [0.2, 0.25) is 5.82 Å². The molecule has 0 aromatic heterocycles. The third kappa shape index (κ3) is 2.39. The van der Waals surface area contributed by atoms with E-state index in [4.69, 9.17) is 0 Å². The maximum absolute atomic E-state index is 13.6. The third-order valence-electron chi connectivity index (χ3n) is 3.34. The van der Waals surface area contributed by atoms with E-state index in [1.165, 1.54) is 0 Å². The molecule has 0 aliphatic carbocycles. The summed E-state index contributed by atoms with van der Waals surface area (Å²) in [5, 5.41) is 9.71. The van der Waals surface area contributed by atoms with Gasteiger partial charge in [-0.3, -0.25) is 0 Å². The minimum absolute atomic E-state index is 0.0192. The molecule has 1 N–H and O–H groups in total. The highest BCUT2D eigenvalue weighted by Gasteiger charge is 2.33. The normalized spacial score (nSPS) is 18.8. The van der Waals surface area contributed by atoms with E-state index in [0.29, 0.717) is 0 Å². The zero-order valence-electron chi connectivity index (χ0n) is 10.1. The molecule has 0 saturated carbocycles. The van der Waals surface area contributed by atoms with Gasteiger partial charge < -0.3 is 10.0 Å². The van der Waals surface area contributed by atoms with E-state index < -0.39 is 40.4 Å². The highest BCUT2D eigenvalue weighted by Crippen LogP contribution is 2.33. The molecule has 2 rings (SSSR count). The van der Waals surface area contributed by atoms with Crippen molar-refractivity contribution in [3.8, 4) is 0 Å². The van der Waals surface area contributed by atoms with E-state index in [9.17, 15) is 27.1 Å². The number of hydrogen-bond donors (Lipinski definition) is 1. The zero-order valence-corrected chi connectivity index (χ0v) is 10.1. The van der Waals surface area contributed by atoms with Crippen molar-refractivity contribution in [3.63, 3.8) is 0 Å². The first-order valence-electron chi connectivity index (χ1n) is 5.73. The molecule has 106 valence electrons. The Hall–Kier alpha value is -1.37. The van der Waals surface area contributed by atoms with E-state index in [2.05, 4.69) is 0 Å². The monoisotopic (exact) mass is 281 g/mol. The Labute approximate surface area is 106 Å². The molecule has 0 spiro atoms. The van der Waals surface area contributed by atoms with Crippen LogP contribution in [0, 0.1) is 29.1 Å². The summed E-state index contributed by atoms with van der Waals surface area (Å²) in [4.78, 5) is 1.06. The number of rotatable bonds is 1. The van der Waals surface area contributed by atoms with E-state index >= 15 is 0 Å². The summed E-state index contributed by atoms with van der Waals surface area (Å²) in [6.07, 6.45) is 0.374. The summed E-state index contributed by atoms with van der Waals surface area (Å²) in [7, 11) is 0. The molecule has 1 fully saturated rings. The maximum atomic E-state index is 13.6. The molecule has 1 aliphatic heterocycles. The second-order valence-electron chi connectivity index (χ2n) is 4.90. The van der Waals surface area contributed by atoms with E-state index in [-0.39, 0.29) is 25.9 Å². The molecule has 0 unspecified atom stereocenters. The Morgan fingerprint density at radius 2 is 1.21 bits per heavy atom. The summed E-state index contributed by atoms with van der Waals surface area (Å²) < 4.78 is 66.2. The molecule has 1 aromatic carbocycles. The number of halogens is 5. The van der Waals surface area contributed by atoms with Crippen molar-refractivity contribution < 1.29 is 27.1 Å². The fraction of sp³-hybridized carbons (Fsp3) is 0.500. The maximum Gasteiger partial charge on any atom is 0.200 e. The van der Waals surface area contributed by atoms with Crippen LogP contribution in [0.15, 0.2) is 0 Å². The van der Waals surface area contributed by atoms with E-state index in [1.54, 1.807) is 6.92 Å². The lowest BCUT2D eigenvalue weighted by molar-refractivity contribution is 0.0348. The predicted molar refractivity (Wildman–Crippen MR) is 58.3 cm³/mol. The number of piperidine rings is 1. The lowest BCUT2D eigenvalue weighted by Crippen LogP contribution is -2.43. The van der Waals surface area contributed by atoms with Crippen LogP contribution >= 0.6 is 0 Å². The molecule has 0 atom stereocenters. The first-order chi connectivity index (χ1) is 8.74. The minimum atomic E-state index is -2.16. The summed E-state index contributed by atoms with van der Waals surface area (Å²) in [5.41, 5.74) is -1.91. The summed E-state index contributed by atoms with van der Waals surface area (Å²) >= 11 is 0. The van der Waals surface area contributed by atoms with Gasteiger partial charge in [0.15, 0.2) is 23.3 Å². The van der Waals surface area contributed by atoms with Crippen molar-refractivity contribution in [2.24, 2.45) is 0 Å². The molecule has 7 heteroatoms. The quantitative estimate of drug-likeness (QED) is 0.486. The van der Waals surface area contributed by atoms with Crippen LogP contribution in [0.3, 0.4) is 0 Å². The van der Waals surface area contributed by atoms with Crippen LogP contribution in [-0.2, 0) is 0 Å². The zero-order chi connectivity index (χ0) is 14.4. The minimum Gasteiger partial charge on any atom is -0.390 e. The first kappa shape index (κ1) is 14.0. The Bertz CT molecular complexity index is 478. The molecule has 19 heavy (non-hydrogen) atoms. The Kier molecular flexibility index (Phi) is 3.42. The van der Waals surface area contributed by atoms with Gasteiger partial charge >= 0.3 is 0 Å². The van der Waals surface area contributed by atoms with Crippen LogP contribution < -0.4 is 4.90 Å². The van der Waals surface area contributed by atoms with Crippen LogP contribution in [-0.4, -0.2) is 23.8 Å². The second-order valence-corrected chi connectivity index (χ2v) is 4.90. The third-order valence-corrected chi connectivity index (χ3v) is 3.34. The number of nitrogens with zero attached hydrogens (tertiary/aromatic N) is 1. The van der Waals surface area contributed by atoms with E-state index in [1.807, 2.05) is 0 Å². The van der Waals surface area contributed by atoms with Crippen LogP contribution in [0.1, 0.15) is 19.8 Å². The molecule has 1 heterocycles. The van der Waals surface area contributed by atoms with Crippen LogP contribution in [0.4, 0.5) is 27.6 Å². The van der Waals surface area contributed by atoms with Crippen molar-refractivity contribution in [2.45, 2.75) is 25.4 Å². The van der Waals surface area contributed by atoms with Crippen molar-refractivity contribution in [1.82, 2.24) is 0 Å². The fourth-order valence-corrected chi connectivity index (χ4v) is 2.08. The van der Waals surface area contributed by atoms with E-state index in [0.717, 1.165) is 4.90 Å². The van der Waals surface area contributed by atoms with Gasteiger partial charge in [-0.2, -0.15) is 0 Å². The molecule has 0 bridgehead atoms. The van der Waals surface area contributed by atoms with Crippen LogP contribution in [0.25, 0.3) is 0 Å². The van der Waals surface area contributed by atoms with Crippen molar-refractivity contribution in [2.75, 3.05) is 18.0 Å². The molecular formula is C12H12F5NO. The van der Waals surface area contributed by atoms with Gasteiger partial charge in [-0.05, 0) is 19.8 Å². The summed E-state index contributed by atoms with van der Waals surface area (Å²) in [5.74, 6) is -9.74. The largest absolute Gasteiger partial charge is 0.390 e. The molecule has 1 aliphatic rings. The van der Waals surface area contributed by atoms with Gasteiger partial charge in [0.1, 0.15) is 5.69 Å².